The molecule has 6 heteroatoms. The number of fused-ring (bicyclic) bond motifs is 1. The summed E-state index contributed by atoms with van der Waals surface area (Å²) in [5.74, 6) is 1.60. The van der Waals surface area contributed by atoms with E-state index in [0.29, 0.717) is 12.1 Å². The smallest absolute Gasteiger partial charge is 0.338 e. The predicted octanol–water partition coefficient (Wildman–Crippen LogP) is 3.06. The number of hydrogen-bond donors (Lipinski definition) is 1. The van der Waals surface area contributed by atoms with Gasteiger partial charge >= 0.3 is 5.97 Å². The molecule has 2 aromatic carbocycles. The Labute approximate surface area is 162 Å². The van der Waals surface area contributed by atoms with Gasteiger partial charge in [-0.25, -0.2) is 4.79 Å². The normalized spacial score (nSPS) is 12.4. The summed E-state index contributed by atoms with van der Waals surface area (Å²) in [7, 11) is 0. The molecule has 3 rings (SSSR count). The van der Waals surface area contributed by atoms with E-state index in [-0.39, 0.29) is 19.1 Å². The summed E-state index contributed by atoms with van der Waals surface area (Å²) in [5.41, 5.74) is 2.49. The van der Waals surface area contributed by atoms with E-state index >= 15 is 0 Å². The molecule has 1 aliphatic rings. The molecular formula is C21H21NO4S. The first-order valence-corrected chi connectivity index (χ1v) is 9.86. The lowest BCUT2D eigenvalue weighted by Gasteiger charge is -2.16. The van der Waals surface area contributed by atoms with Crippen molar-refractivity contribution in [3.05, 3.63) is 71.3 Å². The Morgan fingerprint density at radius 1 is 1.07 bits per heavy atom. The van der Waals surface area contributed by atoms with Crippen LogP contribution in [-0.4, -0.2) is 37.4 Å². The second kappa shape index (κ2) is 9.83. The molecule has 1 N–H and O–H groups in total. The van der Waals surface area contributed by atoms with Crippen LogP contribution in [0, 0.1) is 0 Å². The number of carbonyl (C=O) groups is 2. The van der Waals surface area contributed by atoms with Crippen molar-refractivity contribution in [2.75, 3.05) is 25.5 Å². The molecule has 0 saturated carbocycles. The summed E-state index contributed by atoms with van der Waals surface area (Å²) in [6, 6.07) is 17.6. The monoisotopic (exact) mass is 383 g/mol. The Bertz CT molecular complexity index is 820. The van der Waals surface area contributed by atoms with Gasteiger partial charge in [0.15, 0.2) is 6.61 Å². The van der Waals surface area contributed by atoms with Gasteiger partial charge in [0.05, 0.1) is 5.57 Å². The van der Waals surface area contributed by atoms with Gasteiger partial charge in [0, 0.05) is 23.6 Å². The molecule has 0 aromatic heterocycles. The number of rotatable bonds is 8. The Balaban J connectivity index is 1.33. The van der Waals surface area contributed by atoms with Crippen LogP contribution in [-0.2, 0) is 20.1 Å². The van der Waals surface area contributed by atoms with Crippen molar-refractivity contribution in [1.29, 1.82) is 0 Å². The lowest BCUT2D eigenvalue weighted by Crippen LogP contribution is -2.31. The Morgan fingerprint density at radius 3 is 2.70 bits per heavy atom. The maximum absolute atomic E-state index is 12.1. The second-order valence-electron chi connectivity index (χ2n) is 5.96. The first-order chi connectivity index (χ1) is 13.2. The highest BCUT2D eigenvalue weighted by molar-refractivity contribution is 7.98. The molecule has 5 nitrogen and oxygen atoms in total. The summed E-state index contributed by atoms with van der Waals surface area (Å²) in [5, 5.41) is 2.76. The maximum Gasteiger partial charge on any atom is 0.338 e. The molecule has 0 fully saturated rings. The zero-order chi connectivity index (χ0) is 18.9. The predicted molar refractivity (Wildman–Crippen MR) is 106 cm³/mol. The van der Waals surface area contributed by atoms with Crippen LogP contribution >= 0.6 is 11.8 Å². The lowest BCUT2D eigenvalue weighted by atomic mass is 10.1. The van der Waals surface area contributed by atoms with Crippen LogP contribution in [0.25, 0.3) is 6.08 Å². The molecule has 0 bridgehead atoms. The molecule has 27 heavy (non-hydrogen) atoms. The van der Waals surface area contributed by atoms with E-state index in [1.165, 1.54) is 5.56 Å². The van der Waals surface area contributed by atoms with Crippen LogP contribution in [0.15, 0.2) is 60.2 Å². The van der Waals surface area contributed by atoms with Gasteiger partial charge in [0.1, 0.15) is 12.4 Å². The van der Waals surface area contributed by atoms with E-state index in [2.05, 4.69) is 17.4 Å². The fourth-order valence-corrected chi connectivity index (χ4v) is 3.35. The van der Waals surface area contributed by atoms with Crippen LogP contribution in [0.3, 0.4) is 0 Å². The number of carbonyl (C=O) groups excluding carboxylic acids is 2. The van der Waals surface area contributed by atoms with E-state index in [9.17, 15) is 9.59 Å². The summed E-state index contributed by atoms with van der Waals surface area (Å²) in [4.78, 5) is 23.9. The Morgan fingerprint density at radius 2 is 1.85 bits per heavy atom. The third-order valence-corrected chi connectivity index (χ3v) is 4.94. The standard InChI is InChI=1S/C21H21NO4S/c23-20(22-10-11-27-15-16-6-2-1-3-7-16)14-26-21(24)18-12-17-8-4-5-9-19(17)25-13-18/h1-9,12H,10-11,13-15H2,(H,22,23). The fraction of sp³-hybridized carbons (Fsp3) is 0.238. The highest BCUT2D eigenvalue weighted by Crippen LogP contribution is 2.26. The third-order valence-electron chi connectivity index (χ3n) is 3.91. The van der Waals surface area contributed by atoms with Crippen molar-refractivity contribution in [2.24, 2.45) is 0 Å². The third kappa shape index (κ3) is 5.89. The number of amides is 1. The minimum atomic E-state index is -0.530. The van der Waals surface area contributed by atoms with Gasteiger partial charge in [-0.15, -0.1) is 0 Å². The molecule has 0 saturated heterocycles. The lowest BCUT2D eigenvalue weighted by molar-refractivity contribution is -0.145. The van der Waals surface area contributed by atoms with Crippen LogP contribution in [0.2, 0.25) is 0 Å². The summed E-state index contributed by atoms with van der Waals surface area (Å²) >= 11 is 1.74. The Hall–Kier alpha value is -2.73. The molecule has 0 unspecified atom stereocenters. The largest absolute Gasteiger partial charge is 0.488 e. The molecule has 140 valence electrons. The van der Waals surface area contributed by atoms with Crippen LogP contribution in [0.1, 0.15) is 11.1 Å². The average Bonchev–Trinajstić information content (AvgIpc) is 2.72. The summed E-state index contributed by atoms with van der Waals surface area (Å²) in [6.07, 6.45) is 1.74. The van der Waals surface area contributed by atoms with Crippen LogP contribution in [0.5, 0.6) is 5.75 Å². The van der Waals surface area contributed by atoms with Crippen molar-refractivity contribution in [3.63, 3.8) is 0 Å². The second-order valence-corrected chi connectivity index (χ2v) is 7.07. The number of benzene rings is 2. The highest BCUT2D eigenvalue weighted by Gasteiger charge is 2.18. The number of thioether (sulfide) groups is 1. The average molecular weight is 383 g/mol. The van der Waals surface area contributed by atoms with Gasteiger partial charge < -0.3 is 14.8 Å². The van der Waals surface area contributed by atoms with Crippen molar-refractivity contribution in [2.45, 2.75) is 5.75 Å². The molecule has 2 aromatic rings. The Kier molecular flexibility index (Phi) is 6.93. The van der Waals surface area contributed by atoms with Gasteiger partial charge in [0.25, 0.3) is 5.91 Å². The van der Waals surface area contributed by atoms with Gasteiger partial charge in [-0.3, -0.25) is 4.79 Å². The van der Waals surface area contributed by atoms with E-state index in [1.807, 2.05) is 42.5 Å². The summed E-state index contributed by atoms with van der Waals surface area (Å²) < 4.78 is 10.6. The van der Waals surface area contributed by atoms with E-state index in [4.69, 9.17) is 9.47 Å². The van der Waals surface area contributed by atoms with Crippen molar-refractivity contribution >= 4 is 29.7 Å². The van der Waals surface area contributed by atoms with Crippen LogP contribution < -0.4 is 10.1 Å². The molecule has 0 aliphatic carbocycles. The topological polar surface area (TPSA) is 64.6 Å². The highest BCUT2D eigenvalue weighted by atomic mass is 32.2. The minimum Gasteiger partial charge on any atom is -0.488 e. The van der Waals surface area contributed by atoms with Crippen molar-refractivity contribution < 1.29 is 19.1 Å². The van der Waals surface area contributed by atoms with Crippen molar-refractivity contribution in [3.8, 4) is 5.75 Å². The number of nitrogens with one attached hydrogen (secondary N) is 1. The maximum atomic E-state index is 12.1. The fourth-order valence-electron chi connectivity index (χ4n) is 2.54. The van der Waals surface area contributed by atoms with E-state index < -0.39 is 5.97 Å². The molecule has 1 aliphatic heterocycles. The molecular weight excluding hydrogens is 362 g/mol. The van der Waals surface area contributed by atoms with Gasteiger partial charge in [0.2, 0.25) is 0 Å². The first-order valence-electron chi connectivity index (χ1n) is 8.70. The minimum absolute atomic E-state index is 0.146. The molecule has 0 atom stereocenters. The molecule has 0 spiro atoms. The number of ether oxygens (including phenoxy) is 2. The molecule has 0 radical (unpaired) electrons. The van der Waals surface area contributed by atoms with Gasteiger partial charge in [-0.1, -0.05) is 48.5 Å². The number of para-hydroxylation sites is 1. The van der Waals surface area contributed by atoms with E-state index in [1.54, 1.807) is 17.8 Å². The van der Waals surface area contributed by atoms with Gasteiger partial charge in [-0.2, -0.15) is 11.8 Å². The first kappa shape index (κ1) is 19.0. The number of hydrogen-bond acceptors (Lipinski definition) is 5. The van der Waals surface area contributed by atoms with Crippen LogP contribution in [0.4, 0.5) is 0 Å². The zero-order valence-electron chi connectivity index (χ0n) is 14.9. The summed E-state index contributed by atoms with van der Waals surface area (Å²) in [6.45, 7) is 0.391. The quantitative estimate of drug-likeness (QED) is 0.561. The van der Waals surface area contributed by atoms with Gasteiger partial charge in [-0.05, 0) is 17.7 Å². The molecule has 1 amide bonds. The van der Waals surface area contributed by atoms with Crippen molar-refractivity contribution in [1.82, 2.24) is 5.32 Å². The van der Waals surface area contributed by atoms with E-state index in [0.717, 1.165) is 22.8 Å². The zero-order valence-corrected chi connectivity index (χ0v) is 15.7. The number of esters is 1. The molecule has 1 heterocycles. The SMILES string of the molecule is O=C(COC(=O)C1=Cc2ccccc2OC1)NCCSCc1ccccc1.